The summed E-state index contributed by atoms with van der Waals surface area (Å²) >= 11 is 3.22. The second kappa shape index (κ2) is 5.91. The molecule has 1 aromatic heterocycles. The highest BCUT2D eigenvalue weighted by Crippen LogP contribution is 2.29. The van der Waals surface area contributed by atoms with Crippen LogP contribution in [0, 0.1) is 21.7 Å². The van der Waals surface area contributed by atoms with E-state index in [1.54, 1.807) is 12.3 Å². The van der Waals surface area contributed by atoms with Gasteiger partial charge in [0.05, 0.1) is 4.92 Å². The highest BCUT2D eigenvalue weighted by molar-refractivity contribution is 9.10. The van der Waals surface area contributed by atoms with Crippen LogP contribution >= 0.6 is 15.9 Å². The Morgan fingerprint density at radius 1 is 1.35 bits per heavy atom. The topological polar surface area (TPSA) is 68.1 Å². The maximum absolute atomic E-state index is 13.6. The molecule has 0 aliphatic rings. The van der Waals surface area contributed by atoms with Gasteiger partial charge in [0, 0.05) is 29.5 Å². The first-order valence-corrected chi connectivity index (χ1v) is 6.24. The highest BCUT2D eigenvalue weighted by Gasteiger charge is 2.21. The van der Waals surface area contributed by atoms with Gasteiger partial charge in [-0.25, -0.2) is 8.78 Å². The van der Waals surface area contributed by atoms with E-state index in [-0.39, 0.29) is 6.54 Å². The second-order valence-corrected chi connectivity index (χ2v) is 4.79. The molecule has 1 aromatic carbocycles. The predicted molar refractivity (Wildman–Crippen MR) is 72.3 cm³/mol. The summed E-state index contributed by atoms with van der Waals surface area (Å²) in [5, 5.41) is 13.3. The van der Waals surface area contributed by atoms with Crippen LogP contribution in [0.5, 0.6) is 0 Å². The molecular weight excluding hydrogens is 336 g/mol. The number of nitro groups is 1. The van der Waals surface area contributed by atoms with E-state index in [1.807, 2.05) is 0 Å². The van der Waals surface area contributed by atoms with Crippen molar-refractivity contribution in [3.05, 3.63) is 62.4 Å². The molecule has 0 bridgehead atoms. The van der Waals surface area contributed by atoms with E-state index in [2.05, 4.69) is 26.2 Å². The smallest absolute Gasteiger partial charge is 0.295 e. The summed E-state index contributed by atoms with van der Waals surface area (Å²) in [6, 6.07) is 3.35. The Balaban J connectivity index is 2.29. The molecule has 2 rings (SSSR count). The number of rotatable bonds is 4. The van der Waals surface area contributed by atoms with Crippen molar-refractivity contribution in [3.8, 4) is 0 Å². The minimum atomic E-state index is -1.28. The largest absolute Gasteiger partial charge is 0.373 e. The number of nitrogens with zero attached hydrogens (tertiary/aromatic N) is 2. The summed E-state index contributed by atoms with van der Waals surface area (Å²) in [6.07, 6.45) is 3.08. The van der Waals surface area contributed by atoms with Crippen LogP contribution in [0.4, 0.5) is 20.2 Å². The molecule has 0 aliphatic carbocycles. The number of nitrogens with one attached hydrogen (secondary N) is 1. The highest BCUT2D eigenvalue weighted by atomic mass is 79.9. The molecule has 0 fully saturated rings. The van der Waals surface area contributed by atoms with Gasteiger partial charge in [0.15, 0.2) is 17.3 Å². The lowest BCUT2D eigenvalue weighted by atomic mass is 10.2. The molecule has 0 aliphatic heterocycles. The lowest BCUT2D eigenvalue weighted by Crippen LogP contribution is -2.06. The van der Waals surface area contributed by atoms with Crippen molar-refractivity contribution >= 4 is 27.3 Å². The zero-order valence-electron chi connectivity index (χ0n) is 9.94. The Morgan fingerprint density at radius 3 is 2.75 bits per heavy atom. The molecule has 0 spiro atoms. The predicted octanol–water partition coefficient (Wildman–Crippen LogP) is 3.64. The fourth-order valence-corrected chi connectivity index (χ4v) is 2.02. The summed E-state index contributed by atoms with van der Waals surface area (Å²) < 4.78 is 27.5. The van der Waals surface area contributed by atoms with Gasteiger partial charge < -0.3 is 5.32 Å². The monoisotopic (exact) mass is 343 g/mol. The van der Waals surface area contributed by atoms with Crippen LogP contribution in [0.2, 0.25) is 0 Å². The molecule has 0 amide bonds. The SMILES string of the molecule is O=[N+]([O-])c1ccc(F)c(F)c1NCc1cncc(Br)c1. The van der Waals surface area contributed by atoms with Gasteiger partial charge >= 0.3 is 0 Å². The lowest BCUT2D eigenvalue weighted by Gasteiger charge is -2.08. The van der Waals surface area contributed by atoms with E-state index in [9.17, 15) is 18.9 Å². The Labute approximate surface area is 120 Å². The van der Waals surface area contributed by atoms with Crippen molar-refractivity contribution in [2.75, 3.05) is 5.32 Å². The molecule has 8 heteroatoms. The average molecular weight is 344 g/mol. The third-order valence-corrected chi connectivity index (χ3v) is 2.93. The quantitative estimate of drug-likeness (QED) is 0.679. The van der Waals surface area contributed by atoms with Crippen LogP contribution in [0.15, 0.2) is 35.1 Å². The van der Waals surface area contributed by atoms with Gasteiger partial charge in [-0.2, -0.15) is 0 Å². The summed E-state index contributed by atoms with van der Waals surface area (Å²) in [7, 11) is 0. The zero-order chi connectivity index (χ0) is 14.7. The van der Waals surface area contributed by atoms with E-state index in [1.165, 1.54) is 6.20 Å². The van der Waals surface area contributed by atoms with Crippen molar-refractivity contribution in [2.24, 2.45) is 0 Å². The average Bonchev–Trinajstić information content (AvgIpc) is 2.40. The van der Waals surface area contributed by atoms with Crippen LogP contribution in [0.3, 0.4) is 0 Å². The number of aromatic nitrogens is 1. The molecule has 0 radical (unpaired) electrons. The molecule has 1 heterocycles. The number of halogens is 3. The zero-order valence-corrected chi connectivity index (χ0v) is 11.5. The third kappa shape index (κ3) is 3.08. The van der Waals surface area contributed by atoms with E-state index in [4.69, 9.17) is 0 Å². The summed E-state index contributed by atoms with van der Waals surface area (Å²) in [4.78, 5) is 13.9. The van der Waals surface area contributed by atoms with Gasteiger partial charge in [-0.05, 0) is 33.6 Å². The van der Waals surface area contributed by atoms with Gasteiger partial charge in [0.25, 0.3) is 5.69 Å². The summed E-state index contributed by atoms with van der Waals surface area (Å²) in [5.41, 5.74) is -0.334. The lowest BCUT2D eigenvalue weighted by molar-refractivity contribution is -0.384. The first-order valence-electron chi connectivity index (χ1n) is 5.44. The molecule has 2 aromatic rings. The molecule has 20 heavy (non-hydrogen) atoms. The first-order chi connectivity index (χ1) is 9.49. The van der Waals surface area contributed by atoms with E-state index in [0.29, 0.717) is 10.0 Å². The Kier molecular flexibility index (Phi) is 4.23. The standard InChI is InChI=1S/C12H8BrF2N3O2/c13-8-3-7(4-16-6-8)5-17-12-10(18(19)20)2-1-9(14)11(12)15/h1-4,6,17H,5H2. The summed E-state index contributed by atoms with van der Waals surface area (Å²) in [6.45, 7) is 0.0770. The third-order valence-electron chi connectivity index (χ3n) is 2.50. The molecule has 5 nitrogen and oxygen atoms in total. The van der Waals surface area contributed by atoms with Crippen LogP contribution in [-0.2, 0) is 6.54 Å². The molecule has 0 unspecified atom stereocenters. The van der Waals surface area contributed by atoms with Gasteiger partial charge in [-0.1, -0.05) is 0 Å². The Morgan fingerprint density at radius 2 is 2.10 bits per heavy atom. The molecular formula is C12H8BrF2N3O2. The van der Waals surface area contributed by atoms with Crippen molar-refractivity contribution in [3.63, 3.8) is 0 Å². The number of hydrogen-bond acceptors (Lipinski definition) is 4. The van der Waals surface area contributed by atoms with Crippen molar-refractivity contribution in [2.45, 2.75) is 6.54 Å². The van der Waals surface area contributed by atoms with Gasteiger partial charge in [-0.3, -0.25) is 15.1 Å². The molecule has 1 N–H and O–H groups in total. The number of benzene rings is 1. The normalized spacial score (nSPS) is 10.3. The minimum Gasteiger partial charge on any atom is -0.373 e. The van der Waals surface area contributed by atoms with Crippen LogP contribution in [0.25, 0.3) is 0 Å². The fraction of sp³-hybridized carbons (Fsp3) is 0.0833. The number of anilines is 1. The molecule has 0 atom stereocenters. The number of pyridine rings is 1. The Hall–Kier alpha value is -2.09. The van der Waals surface area contributed by atoms with Crippen LogP contribution in [0.1, 0.15) is 5.56 Å². The van der Waals surface area contributed by atoms with E-state index >= 15 is 0 Å². The minimum absolute atomic E-state index is 0.0770. The van der Waals surface area contributed by atoms with E-state index in [0.717, 1.165) is 12.1 Å². The number of hydrogen-bond donors (Lipinski definition) is 1. The van der Waals surface area contributed by atoms with E-state index < -0.39 is 27.9 Å². The number of nitro benzene ring substituents is 1. The van der Waals surface area contributed by atoms with Crippen molar-refractivity contribution < 1.29 is 13.7 Å². The van der Waals surface area contributed by atoms with Crippen molar-refractivity contribution in [1.29, 1.82) is 0 Å². The fourth-order valence-electron chi connectivity index (χ4n) is 1.60. The van der Waals surface area contributed by atoms with Gasteiger partial charge in [0.1, 0.15) is 0 Å². The molecule has 0 saturated carbocycles. The maximum Gasteiger partial charge on any atom is 0.295 e. The summed E-state index contributed by atoms with van der Waals surface area (Å²) in [5.74, 6) is -2.42. The van der Waals surface area contributed by atoms with Gasteiger partial charge in [-0.15, -0.1) is 0 Å². The Bertz CT molecular complexity index is 667. The molecule has 0 saturated heterocycles. The molecule has 104 valence electrons. The first kappa shape index (κ1) is 14.3. The van der Waals surface area contributed by atoms with Crippen molar-refractivity contribution in [1.82, 2.24) is 4.98 Å². The van der Waals surface area contributed by atoms with Crippen LogP contribution < -0.4 is 5.32 Å². The van der Waals surface area contributed by atoms with Gasteiger partial charge in [0.2, 0.25) is 0 Å². The second-order valence-electron chi connectivity index (χ2n) is 3.88. The maximum atomic E-state index is 13.6. The van der Waals surface area contributed by atoms with Crippen LogP contribution in [-0.4, -0.2) is 9.91 Å².